The summed E-state index contributed by atoms with van der Waals surface area (Å²) in [6.07, 6.45) is 3.01. The molecule has 0 aliphatic carbocycles. The van der Waals surface area contributed by atoms with E-state index in [-0.39, 0.29) is 5.91 Å². The first-order valence-electron chi connectivity index (χ1n) is 8.87. The van der Waals surface area contributed by atoms with Crippen LogP contribution >= 0.6 is 0 Å². The first-order valence-corrected chi connectivity index (χ1v) is 8.87. The largest absolute Gasteiger partial charge is 0.494 e. The van der Waals surface area contributed by atoms with Gasteiger partial charge in [-0.2, -0.15) is 0 Å². The van der Waals surface area contributed by atoms with Crippen LogP contribution in [-0.2, 0) is 6.42 Å². The molecule has 0 heterocycles. The number of carbonyl (C=O) groups is 1. The van der Waals surface area contributed by atoms with Gasteiger partial charge in [-0.15, -0.1) is 0 Å². The molecule has 1 amide bonds. The zero-order valence-electron chi connectivity index (χ0n) is 15.4. The van der Waals surface area contributed by atoms with Crippen molar-refractivity contribution in [1.82, 2.24) is 5.32 Å². The molecular weight excluding hydrogens is 312 g/mol. The lowest BCUT2D eigenvalue weighted by molar-refractivity contribution is 0.0954. The number of hydrogen-bond donors (Lipinski definition) is 1. The third-order valence-electron chi connectivity index (χ3n) is 4.01. The highest BCUT2D eigenvalue weighted by Crippen LogP contribution is 2.14. The average Bonchev–Trinajstić information content (AvgIpc) is 2.63. The Kier molecular flexibility index (Phi) is 7.33. The number of hydrogen-bond acceptors (Lipinski definition) is 3. The SMILES string of the molecule is CCCCOc1ccc(CCNC(=O)c2cccc(N(C)C)c2)cc1. The van der Waals surface area contributed by atoms with E-state index in [1.807, 2.05) is 55.4 Å². The number of anilines is 1. The van der Waals surface area contributed by atoms with E-state index in [9.17, 15) is 4.79 Å². The topological polar surface area (TPSA) is 41.6 Å². The van der Waals surface area contributed by atoms with E-state index in [4.69, 9.17) is 4.74 Å². The van der Waals surface area contributed by atoms with Gasteiger partial charge in [-0.25, -0.2) is 0 Å². The molecule has 0 aliphatic heterocycles. The lowest BCUT2D eigenvalue weighted by Crippen LogP contribution is -2.25. The van der Waals surface area contributed by atoms with E-state index in [0.29, 0.717) is 12.1 Å². The third-order valence-corrected chi connectivity index (χ3v) is 4.01. The summed E-state index contributed by atoms with van der Waals surface area (Å²) < 4.78 is 5.66. The predicted molar refractivity (Wildman–Crippen MR) is 104 cm³/mol. The summed E-state index contributed by atoms with van der Waals surface area (Å²) >= 11 is 0. The van der Waals surface area contributed by atoms with E-state index in [1.165, 1.54) is 5.56 Å². The van der Waals surface area contributed by atoms with Crippen molar-refractivity contribution in [3.8, 4) is 5.75 Å². The van der Waals surface area contributed by atoms with Crippen LogP contribution in [0.5, 0.6) is 5.75 Å². The Bertz CT molecular complexity index is 666. The molecule has 0 spiro atoms. The monoisotopic (exact) mass is 340 g/mol. The Hall–Kier alpha value is -2.49. The minimum absolute atomic E-state index is 0.0387. The number of rotatable bonds is 9. The smallest absolute Gasteiger partial charge is 0.251 e. The first kappa shape index (κ1) is 18.8. The Balaban J connectivity index is 1.80. The number of nitrogens with zero attached hydrogens (tertiary/aromatic N) is 1. The molecule has 4 nitrogen and oxygen atoms in total. The van der Waals surface area contributed by atoms with Crippen LogP contribution in [0.4, 0.5) is 5.69 Å². The standard InChI is InChI=1S/C21H28N2O2/c1-4-5-15-25-20-11-9-17(10-12-20)13-14-22-21(24)18-7-6-8-19(16-18)23(2)3/h6-12,16H,4-5,13-15H2,1-3H3,(H,22,24). The number of ether oxygens (including phenoxy) is 1. The van der Waals surface area contributed by atoms with Gasteiger partial charge in [-0.05, 0) is 48.7 Å². The van der Waals surface area contributed by atoms with Gasteiger partial charge in [0, 0.05) is 31.9 Å². The van der Waals surface area contributed by atoms with E-state index < -0.39 is 0 Å². The number of amides is 1. The number of benzene rings is 2. The van der Waals surface area contributed by atoms with Gasteiger partial charge in [0.2, 0.25) is 0 Å². The lowest BCUT2D eigenvalue weighted by atomic mass is 10.1. The van der Waals surface area contributed by atoms with Gasteiger partial charge in [0.1, 0.15) is 5.75 Å². The van der Waals surface area contributed by atoms with Crippen molar-refractivity contribution in [3.63, 3.8) is 0 Å². The van der Waals surface area contributed by atoms with Crippen molar-refractivity contribution in [1.29, 1.82) is 0 Å². The van der Waals surface area contributed by atoms with Gasteiger partial charge >= 0.3 is 0 Å². The second kappa shape index (κ2) is 9.72. The molecule has 0 radical (unpaired) electrons. The van der Waals surface area contributed by atoms with Gasteiger partial charge < -0.3 is 15.0 Å². The fraction of sp³-hybridized carbons (Fsp3) is 0.381. The highest BCUT2D eigenvalue weighted by atomic mass is 16.5. The molecule has 0 saturated carbocycles. The Morgan fingerprint density at radius 1 is 1.12 bits per heavy atom. The Labute approximate surface area is 150 Å². The molecule has 0 atom stereocenters. The molecule has 4 heteroatoms. The fourth-order valence-electron chi connectivity index (χ4n) is 2.43. The molecule has 2 rings (SSSR count). The van der Waals surface area contributed by atoms with Crippen LogP contribution < -0.4 is 15.0 Å². The molecule has 0 aromatic heterocycles. The summed E-state index contributed by atoms with van der Waals surface area (Å²) in [4.78, 5) is 14.2. The van der Waals surface area contributed by atoms with Crippen LogP contribution in [0, 0.1) is 0 Å². The van der Waals surface area contributed by atoms with Gasteiger partial charge in [0.25, 0.3) is 5.91 Å². The summed E-state index contributed by atoms with van der Waals surface area (Å²) in [7, 11) is 3.93. The van der Waals surface area contributed by atoms with Crippen LogP contribution in [0.1, 0.15) is 35.7 Å². The van der Waals surface area contributed by atoms with Crippen molar-refractivity contribution >= 4 is 11.6 Å². The molecule has 0 aliphatic rings. The summed E-state index contributed by atoms with van der Waals surface area (Å²) in [6.45, 7) is 3.52. The van der Waals surface area contributed by atoms with Crippen molar-refractivity contribution in [3.05, 3.63) is 59.7 Å². The van der Waals surface area contributed by atoms with E-state index in [0.717, 1.165) is 37.3 Å². The molecule has 0 unspecified atom stereocenters. The van der Waals surface area contributed by atoms with Crippen molar-refractivity contribution in [2.45, 2.75) is 26.2 Å². The summed E-state index contributed by atoms with van der Waals surface area (Å²) in [5, 5.41) is 2.98. The molecule has 2 aromatic rings. The van der Waals surface area contributed by atoms with Crippen molar-refractivity contribution in [2.24, 2.45) is 0 Å². The third kappa shape index (κ3) is 6.14. The maximum atomic E-state index is 12.3. The maximum absolute atomic E-state index is 12.3. The molecule has 0 bridgehead atoms. The Morgan fingerprint density at radius 2 is 1.88 bits per heavy atom. The van der Waals surface area contributed by atoms with Crippen molar-refractivity contribution < 1.29 is 9.53 Å². The second-order valence-electron chi connectivity index (χ2n) is 6.30. The van der Waals surface area contributed by atoms with Crippen LogP contribution in [0.25, 0.3) is 0 Å². The molecule has 25 heavy (non-hydrogen) atoms. The van der Waals surface area contributed by atoms with Crippen LogP contribution in [0.2, 0.25) is 0 Å². The normalized spacial score (nSPS) is 10.4. The van der Waals surface area contributed by atoms with E-state index in [2.05, 4.69) is 24.4 Å². The highest BCUT2D eigenvalue weighted by molar-refractivity contribution is 5.95. The molecule has 0 fully saturated rings. The molecule has 0 saturated heterocycles. The minimum Gasteiger partial charge on any atom is -0.494 e. The Morgan fingerprint density at radius 3 is 2.56 bits per heavy atom. The van der Waals surface area contributed by atoms with Gasteiger partial charge in [-0.1, -0.05) is 31.5 Å². The van der Waals surface area contributed by atoms with Gasteiger partial charge in [-0.3, -0.25) is 4.79 Å². The summed E-state index contributed by atoms with van der Waals surface area (Å²) in [6, 6.07) is 15.7. The molecule has 1 N–H and O–H groups in total. The molecular formula is C21H28N2O2. The number of nitrogens with one attached hydrogen (secondary N) is 1. The summed E-state index contributed by atoms with van der Waals surface area (Å²) in [5.41, 5.74) is 2.89. The first-order chi connectivity index (χ1) is 12.1. The van der Waals surface area contributed by atoms with E-state index >= 15 is 0 Å². The average molecular weight is 340 g/mol. The van der Waals surface area contributed by atoms with Gasteiger partial charge in [0.05, 0.1) is 6.61 Å². The quantitative estimate of drug-likeness (QED) is 0.704. The maximum Gasteiger partial charge on any atom is 0.251 e. The zero-order chi connectivity index (χ0) is 18.1. The van der Waals surface area contributed by atoms with Crippen molar-refractivity contribution in [2.75, 3.05) is 32.1 Å². The highest BCUT2D eigenvalue weighted by Gasteiger charge is 2.06. The fourth-order valence-corrected chi connectivity index (χ4v) is 2.43. The van der Waals surface area contributed by atoms with Crippen LogP contribution in [0.3, 0.4) is 0 Å². The van der Waals surface area contributed by atoms with Crippen LogP contribution in [0.15, 0.2) is 48.5 Å². The molecule has 134 valence electrons. The minimum atomic E-state index is -0.0387. The second-order valence-corrected chi connectivity index (χ2v) is 6.30. The zero-order valence-corrected chi connectivity index (χ0v) is 15.4. The lowest BCUT2D eigenvalue weighted by Gasteiger charge is -2.13. The summed E-state index contributed by atoms with van der Waals surface area (Å²) in [5.74, 6) is 0.866. The number of carbonyl (C=O) groups excluding carboxylic acids is 1. The number of unbranched alkanes of at least 4 members (excludes halogenated alkanes) is 1. The van der Waals surface area contributed by atoms with E-state index in [1.54, 1.807) is 0 Å². The predicted octanol–water partition coefficient (Wildman–Crippen LogP) is 3.90. The molecule has 2 aromatic carbocycles. The van der Waals surface area contributed by atoms with Gasteiger partial charge in [0.15, 0.2) is 0 Å². The van der Waals surface area contributed by atoms with Crippen LogP contribution in [-0.4, -0.2) is 33.2 Å².